The van der Waals surface area contributed by atoms with Crippen LogP contribution < -0.4 is 10.9 Å². The number of aromatic nitrogens is 2. The first-order valence-corrected chi connectivity index (χ1v) is 8.99. The number of carbonyl (C=O) groups excluding carboxylic acids is 1. The molecule has 0 spiro atoms. The third kappa shape index (κ3) is 5.48. The van der Waals surface area contributed by atoms with Gasteiger partial charge in [-0.1, -0.05) is 32.6 Å². The van der Waals surface area contributed by atoms with Gasteiger partial charge in [-0.25, -0.2) is 4.68 Å². The summed E-state index contributed by atoms with van der Waals surface area (Å²) < 4.78 is 1.32. The molecule has 1 heterocycles. The van der Waals surface area contributed by atoms with Crippen LogP contribution >= 0.6 is 0 Å². The minimum Gasteiger partial charge on any atom is -0.352 e. The molecule has 5 heteroatoms. The third-order valence-corrected chi connectivity index (χ3v) is 4.47. The van der Waals surface area contributed by atoms with Crippen molar-refractivity contribution in [2.75, 3.05) is 0 Å². The van der Waals surface area contributed by atoms with E-state index in [4.69, 9.17) is 0 Å². The van der Waals surface area contributed by atoms with E-state index >= 15 is 0 Å². The van der Waals surface area contributed by atoms with Gasteiger partial charge in [-0.3, -0.25) is 9.59 Å². The Balaban J connectivity index is 1.95. The molecule has 1 aliphatic carbocycles. The van der Waals surface area contributed by atoms with Crippen molar-refractivity contribution in [3.05, 3.63) is 27.7 Å². The summed E-state index contributed by atoms with van der Waals surface area (Å²) in [6.45, 7) is 4.20. The highest BCUT2D eigenvalue weighted by Gasteiger charge is 2.14. The predicted molar refractivity (Wildman–Crippen MR) is 91.5 cm³/mol. The second-order valence-corrected chi connectivity index (χ2v) is 6.64. The van der Waals surface area contributed by atoms with Gasteiger partial charge in [0.2, 0.25) is 5.91 Å². The van der Waals surface area contributed by atoms with Gasteiger partial charge in [0, 0.05) is 12.1 Å². The first kappa shape index (κ1) is 17.7. The minimum absolute atomic E-state index is 0.0181. The zero-order valence-corrected chi connectivity index (χ0v) is 14.4. The van der Waals surface area contributed by atoms with Crippen LogP contribution in [0.15, 0.2) is 10.9 Å². The molecule has 0 saturated heterocycles. The maximum atomic E-state index is 12.2. The largest absolute Gasteiger partial charge is 0.352 e. The van der Waals surface area contributed by atoms with E-state index in [1.807, 2.05) is 6.92 Å². The highest BCUT2D eigenvalue weighted by atomic mass is 16.2. The molecule has 0 saturated carbocycles. The molecule has 0 aromatic carbocycles. The van der Waals surface area contributed by atoms with Gasteiger partial charge in [0.1, 0.15) is 6.54 Å². The van der Waals surface area contributed by atoms with Crippen molar-refractivity contribution in [1.82, 2.24) is 15.1 Å². The Bertz CT molecular complexity index is 580. The second kappa shape index (κ2) is 8.85. The quantitative estimate of drug-likeness (QED) is 0.620. The van der Waals surface area contributed by atoms with Crippen molar-refractivity contribution < 1.29 is 4.79 Å². The van der Waals surface area contributed by atoms with Gasteiger partial charge in [0.05, 0.1) is 5.69 Å². The summed E-state index contributed by atoms with van der Waals surface area (Å²) in [6, 6.07) is 1.82. The van der Waals surface area contributed by atoms with Crippen LogP contribution in [-0.2, 0) is 24.2 Å². The Morgan fingerprint density at radius 3 is 2.87 bits per heavy atom. The molecular formula is C18H29N3O2. The Morgan fingerprint density at radius 1 is 1.30 bits per heavy atom. The summed E-state index contributed by atoms with van der Waals surface area (Å²) in [6.07, 6.45) is 9.71. The van der Waals surface area contributed by atoms with Crippen LogP contribution in [0.4, 0.5) is 0 Å². The molecule has 5 nitrogen and oxygen atoms in total. The monoisotopic (exact) mass is 319 g/mol. The first-order chi connectivity index (χ1) is 11.1. The molecular weight excluding hydrogens is 290 g/mol. The van der Waals surface area contributed by atoms with Crippen molar-refractivity contribution in [2.45, 2.75) is 84.2 Å². The number of nitrogens with zero attached hydrogens (tertiary/aromatic N) is 2. The SMILES string of the molecule is CCCCCC(C)NC(=O)Cn1nc2c(cc1=O)CCCCC2. The van der Waals surface area contributed by atoms with Crippen LogP contribution in [0.3, 0.4) is 0 Å². The molecule has 0 aliphatic heterocycles. The van der Waals surface area contributed by atoms with E-state index < -0.39 is 0 Å². The predicted octanol–water partition coefficient (Wildman–Crippen LogP) is 2.60. The molecule has 128 valence electrons. The van der Waals surface area contributed by atoms with Gasteiger partial charge in [0.15, 0.2) is 0 Å². The van der Waals surface area contributed by atoms with Gasteiger partial charge < -0.3 is 5.32 Å². The Labute approximate surface area is 138 Å². The molecule has 0 fully saturated rings. The summed E-state index contributed by atoms with van der Waals surface area (Å²) in [5.74, 6) is -0.128. The van der Waals surface area contributed by atoms with Gasteiger partial charge in [-0.2, -0.15) is 5.10 Å². The Morgan fingerprint density at radius 2 is 2.09 bits per heavy atom. The normalized spacial score (nSPS) is 15.6. The van der Waals surface area contributed by atoms with Crippen molar-refractivity contribution >= 4 is 5.91 Å². The molecule has 1 unspecified atom stereocenters. The van der Waals surface area contributed by atoms with Gasteiger partial charge in [0.25, 0.3) is 5.56 Å². The summed E-state index contributed by atoms with van der Waals surface area (Å²) in [5.41, 5.74) is 1.89. The summed E-state index contributed by atoms with van der Waals surface area (Å²) in [7, 11) is 0. The van der Waals surface area contributed by atoms with E-state index in [-0.39, 0.29) is 24.1 Å². The van der Waals surface area contributed by atoms with E-state index in [1.54, 1.807) is 6.07 Å². The van der Waals surface area contributed by atoms with Crippen molar-refractivity contribution in [3.63, 3.8) is 0 Å². The number of hydrogen-bond acceptors (Lipinski definition) is 3. The maximum absolute atomic E-state index is 12.2. The number of amides is 1. The molecule has 1 aromatic rings. The van der Waals surface area contributed by atoms with Crippen molar-refractivity contribution in [1.29, 1.82) is 0 Å². The van der Waals surface area contributed by atoms with Gasteiger partial charge in [-0.15, -0.1) is 0 Å². The fourth-order valence-corrected chi connectivity index (χ4v) is 3.12. The van der Waals surface area contributed by atoms with Crippen molar-refractivity contribution in [2.24, 2.45) is 0 Å². The van der Waals surface area contributed by atoms with E-state index in [9.17, 15) is 9.59 Å². The van der Waals surface area contributed by atoms with Crippen molar-refractivity contribution in [3.8, 4) is 0 Å². The molecule has 1 N–H and O–H groups in total. The first-order valence-electron chi connectivity index (χ1n) is 8.99. The van der Waals surface area contributed by atoms with E-state index in [1.165, 1.54) is 23.9 Å². The average Bonchev–Trinajstić information content (AvgIpc) is 2.72. The second-order valence-electron chi connectivity index (χ2n) is 6.64. The minimum atomic E-state index is -0.167. The lowest BCUT2D eigenvalue weighted by molar-refractivity contribution is -0.122. The van der Waals surface area contributed by atoms with Crippen LogP contribution in [0.5, 0.6) is 0 Å². The molecule has 1 aliphatic rings. The van der Waals surface area contributed by atoms with E-state index in [0.717, 1.165) is 49.8 Å². The zero-order chi connectivity index (χ0) is 16.7. The highest BCUT2D eigenvalue weighted by Crippen LogP contribution is 2.16. The van der Waals surface area contributed by atoms with Crippen LogP contribution in [-0.4, -0.2) is 21.7 Å². The van der Waals surface area contributed by atoms with Crippen LogP contribution in [0.1, 0.15) is 70.1 Å². The van der Waals surface area contributed by atoms with E-state index in [2.05, 4.69) is 17.3 Å². The molecule has 0 radical (unpaired) electrons. The fourth-order valence-electron chi connectivity index (χ4n) is 3.12. The van der Waals surface area contributed by atoms with Crippen LogP contribution in [0.25, 0.3) is 0 Å². The summed E-state index contributed by atoms with van der Waals surface area (Å²) in [4.78, 5) is 24.3. The summed E-state index contributed by atoms with van der Waals surface area (Å²) in [5, 5.41) is 7.41. The third-order valence-electron chi connectivity index (χ3n) is 4.47. The zero-order valence-electron chi connectivity index (χ0n) is 14.4. The molecule has 1 atom stereocenters. The number of nitrogens with one attached hydrogen (secondary N) is 1. The number of hydrogen-bond donors (Lipinski definition) is 1. The number of aryl methyl sites for hydroxylation is 2. The molecule has 1 amide bonds. The number of carbonyl (C=O) groups is 1. The lowest BCUT2D eigenvalue weighted by atomic mass is 10.1. The lowest BCUT2D eigenvalue weighted by Crippen LogP contribution is -2.38. The smallest absolute Gasteiger partial charge is 0.267 e. The Hall–Kier alpha value is -1.65. The fraction of sp³-hybridized carbons (Fsp3) is 0.722. The maximum Gasteiger partial charge on any atom is 0.267 e. The number of unbranched alkanes of at least 4 members (excludes halogenated alkanes) is 2. The lowest BCUT2D eigenvalue weighted by Gasteiger charge is -2.14. The van der Waals surface area contributed by atoms with Crippen LogP contribution in [0, 0.1) is 0 Å². The van der Waals surface area contributed by atoms with E-state index in [0.29, 0.717) is 0 Å². The standard InChI is InChI=1S/C18H29N3O2/c1-3-4-6-9-14(2)19-17(22)13-21-18(23)12-15-10-7-5-8-11-16(15)20-21/h12,14H,3-11,13H2,1-2H3,(H,19,22). The van der Waals surface area contributed by atoms with Crippen LogP contribution in [0.2, 0.25) is 0 Å². The van der Waals surface area contributed by atoms with Gasteiger partial charge >= 0.3 is 0 Å². The highest BCUT2D eigenvalue weighted by molar-refractivity contribution is 5.75. The molecule has 0 bridgehead atoms. The molecule has 1 aromatic heterocycles. The Kier molecular flexibility index (Phi) is 6.81. The molecule has 23 heavy (non-hydrogen) atoms. The topological polar surface area (TPSA) is 64.0 Å². The number of fused-ring (bicyclic) bond motifs is 1. The molecule has 2 rings (SSSR count). The number of rotatable bonds is 7. The average molecular weight is 319 g/mol. The summed E-state index contributed by atoms with van der Waals surface area (Å²) >= 11 is 0. The van der Waals surface area contributed by atoms with Gasteiger partial charge in [-0.05, 0) is 44.6 Å².